The first kappa shape index (κ1) is 21.7. The van der Waals surface area contributed by atoms with Gasteiger partial charge in [0, 0.05) is 22.4 Å². The van der Waals surface area contributed by atoms with Crippen molar-refractivity contribution in [2.75, 3.05) is 13.1 Å². The van der Waals surface area contributed by atoms with E-state index in [9.17, 15) is 5.11 Å². The first-order valence-electron chi connectivity index (χ1n) is 8.77. The summed E-state index contributed by atoms with van der Waals surface area (Å²) < 4.78 is 5.92. The number of halogens is 1. The molecule has 0 aliphatic rings. The number of rotatable bonds is 6. The maximum Gasteiger partial charge on any atom is 0.191 e. The molecular weight excluding hydrogens is 473 g/mol. The minimum absolute atomic E-state index is 0. The number of aliphatic hydroxyl groups is 1. The lowest BCUT2D eigenvalue weighted by Gasteiger charge is -2.23. The first-order valence-corrected chi connectivity index (χ1v) is 9.65. The summed E-state index contributed by atoms with van der Waals surface area (Å²) in [5, 5.41) is 20.2. The molecule has 3 aromatic rings. The maximum atomic E-state index is 10.7. The Morgan fingerprint density at radius 3 is 2.67 bits per heavy atom. The Labute approximate surface area is 180 Å². The van der Waals surface area contributed by atoms with Crippen molar-refractivity contribution in [2.45, 2.75) is 32.9 Å². The largest absolute Gasteiger partial charge is 0.459 e. The third-order valence-electron chi connectivity index (χ3n) is 4.32. The smallest absolute Gasteiger partial charge is 0.191 e. The topological polar surface area (TPSA) is 69.8 Å². The molecule has 0 bridgehead atoms. The van der Waals surface area contributed by atoms with Crippen LogP contribution < -0.4 is 10.6 Å². The first-order chi connectivity index (χ1) is 12.5. The van der Waals surface area contributed by atoms with Crippen molar-refractivity contribution in [3.05, 3.63) is 58.0 Å². The second-order valence-corrected chi connectivity index (χ2v) is 7.39. The highest BCUT2D eigenvalue weighted by Gasteiger charge is 2.24. The summed E-state index contributed by atoms with van der Waals surface area (Å²) >= 11 is 1.54. The zero-order valence-corrected chi connectivity index (χ0v) is 18.9. The molecule has 2 aromatic heterocycles. The van der Waals surface area contributed by atoms with Crippen LogP contribution in [0.3, 0.4) is 0 Å². The predicted octanol–water partition coefficient (Wildman–Crippen LogP) is 4.38. The number of nitrogens with zero attached hydrogens (tertiary/aromatic N) is 1. The van der Waals surface area contributed by atoms with Crippen LogP contribution in [0.2, 0.25) is 0 Å². The van der Waals surface area contributed by atoms with Gasteiger partial charge >= 0.3 is 0 Å². The fourth-order valence-electron chi connectivity index (χ4n) is 2.80. The summed E-state index contributed by atoms with van der Waals surface area (Å²) in [6, 6.07) is 11.9. The van der Waals surface area contributed by atoms with Crippen LogP contribution in [0.5, 0.6) is 0 Å². The summed E-state index contributed by atoms with van der Waals surface area (Å²) in [6.07, 6.45) is 0. The second-order valence-electron chi connectivity index (χ2n) is 6.45. The zero-order chi connectivity index (χ0) is 18.6. The van der Waals surface area contributed by atoms with Crippen molar-refractivity contribution in [1.82, 2.24) is 10.6 Å². The number of furan rings is 1. The molecule has 5 nitrogen and oxygen atoms in total. The number of para-hydroxylation sites is 1. The van der Waals surface area contributed by atoms with Gasteiger partial charge in [0.15, 0.2) is 5.96 Å². The molecule has 3 N–H and O–H groups in total. The third kappa shape index (κ3) is 5.24. The van der Waals surface area contributed by atoms with Crippen molar-refractivity contribution >= 4 is 52.2 Å². The van der Waals surface area contributed by atoms with Gasteiger partial charge in [0.1, 0.15) is 23.5 Å². The van der Waals surface area contributed by atoms with E-state index in [1.54, 1.807) is 18.3 Å². The quantitative estimate of drug-likeness (QED) is 0.268. The zero-order valence-electron chi connectivity index (χ0n) is 15.8. The average molecular weight is 499 g/mol. The van der Waals surface area contributed by atoms with Gasteiger partial charge in [-0.3, -0.25) is 0 Å². The fourth-order valence-corrected chi connectivity index (χ4v) is 3.58. The number of nitrogens with one attached hydrogen (secondary N) is 2. The molecule has 2 heterocycles. The molecule has 3 rings (SSSR count). The Kier molecular flexibility index (Phi) is 7.69. The minimum atomic E-state index is -0.945. The van der Waals surface area contributed by atoms with E-state index in [1.165, 1.54) is 0 Å². The summed E-state index contributed by atoms with van der Waals surface area (Å²) in [4.78, 5) is 5.54. The molecule has 0 fully saturated rings. The Balaban J connectivity index is 0.00000261. The average Bonchev–Trinajstić information content (AvgIpc) is 3.27. The standard InChI is InChI=1S/C20H25N3O2S.HI/c1-4-21-19(23-13-20(3,24)18-10-7-11-26-18)22-12-17-14(2)15-8-5-6-9-16(15)25-17;/h5-11,24H,4,12-13H2,1-3H3,(H2,21,22,23);1H. The summed E-state index contributed by atoms with van der Waals surface area (Å²) in [5.41, 5.74) is 1.05. The molecule has 0 aliphatic carbocycles. The SMILES string of the molecule is CCNC(=NCc1oc2ccccc2c1C)NCC(C)(O)c1cccs1.I. The Morgan fingerprint density at radius 2 is 2.00 bits per heavy atom. The van der Waals surface area contributed by atoms with Gasteiger partial charge in [-0.1, -0.05) is 24.3 Å². The molecule has 0 saturated heterocycles. The normalized spacial score (nSPS) is 13.9. The maximum absolute atomic E-state index is 10.7. The van der Waals surface area contributed by atoms with Crippen LogP contribution in [0.1, 0.15) is 30.0 Å². The molecule has 1 aromatic carbocycles. The van der Waals surface area contributed by atoms with Crippen LogP contribution in [0.25, 0.3) is 11.0 Å². The molecule has 0 saturated carbocycles. The third-order valence-corrected chi connectivity index (χ3v) is 5.44. The number of benzene rings is 1. The molecule has 27 heavy (non-hydrogen) atoms. The van der Waals surface area contributed by atoms with Gasteiger partial charge in [-0.05, 0) is 38.3 Å². The lowest BCUT2D eigenvalue weighted by atomic mass is 10.1. The van der Waals surface area contributed by atoms with Crippen molar-refractivity contribution in [2.24, 2.45) is 4.99 Å². The molecular formula is C20H26IN3O2S. The van der Waals surface area contributed by atoms with Crippen LogP contribution in [-0.4, -0.2) is 24.2 Å². The van der Waals surface area contributed by atoms with Crippen LogP contribution in [0.4, 0.5) is 0 Å². The van der Waals surface area contributed by atoms with Crippen molar-refractivity contribution in [1.29, 1.82) is 0 Å². The van der Waals surface area contributed by atoms with E-state index >= 15 is 0 Å². The Hall–Kier alpha value is -1.58. The molecule has 1 atom stereocenters. The lowest BCUT2D eigenvalue weighted by molar-refractivity contribution is 0.0655. The van der Waals surface area contributed by atoms with Crippen molar-refractivity contribution < 1.29 is 9.52 Å². The monoisotopic (exact) mass is 499 g/mol. The van der Waals surface area contributed by atoms with E-state index in [0.29, 0.717) is 19.0 Å². The van der Waals surface area contributed by atoms with Gasteiger partial charge in [-0.25, -0.2) is 4.99 Å². The van der Waals surface area contributed by atoms with Gasteiger partial charge in [0.2, 0.25) is 0 Å². The van der Waals surface area contributed by atoms with Crippen LogP contribution in [0, 0.1) is 6.92 Å². The van der Waals surface area contributed by atoms with E-state index in [1.807, 2.05) is 42.6 Å². The van der Waals surface area contributed by atoms with E-state index in [-0.39, 0.29) is 24.0 Å². The molecule has 0 radical (unpaired) electrons. The van der Waals surface area contributed by atoms with Gasteiger partial charge in [-0.2, -0.15) is 0 Å². The number of fused-ring (bicyclic) bond motifs is 1. The van der Waals surface area contributed by atoms with E-state index in [2.05, 4.69) is 28.6 Å². The highest BCUT2D eigenvalue weighted by Crippen LogP contribution is 2.26. The van der Waals surface area contributed by atoms with Crippen LogP contribution >= 0.6 is 35.3 Å². The summed E-state index contributed by atoms with van der Waals surface area (Å²) in [7, 11) is 0. The summed E-state index contributed by atoms with van der Waals surface area (Å²) in [6.45, 7) is 7.43. The molecule has 0 amide bonds. The van der Waals surface area contributed by atoms with Gasteiger partial charge < -0.3 is 20.2 Å². The molecule has 0 aliphatic heterocycles. The number of hydrogen-bond acceptors (Lipinski definition) is 4. The second kappa shape index (κ2) is 9.57. The van der Waals surface area contributed by atoms with E-state index in [4.69, 9.17) is 4.42 Å². The van der Waals surface area contributed by atoms with E-state index < -0.39 is 5.60 Å². The predicted molar refractivity (Wildman–Crippen MR) is 123 cm³/mol. The van der Waals surface area contributed by atoms with Gasteiger partial charge in [0.25, 0.3) is 0 Å². The van der Waals surface area contributed by atoms with Crippen molar-refractivity contribution in [3.8, 4) is 0 Å². The lowest BCUT2D eigenvalue weighted by Crippen LogP contribution is -2.44. The minimum Gasteiger partial charge on any atom is -0.459 e. The van der Waals surface area contributed by atoms with E-state index in [0.717, 1.165) is 33.7 Å². The molecule has 1 unspecified atom stereocenters. The molecule has 7 heteroatoms. The number of hydrogen-bond donors (Lipinski definition) is 3. The highest BCUT2D eigenvalue weighted by atomic mass is 127. The van der Waals surface area contributed by atoms with Gasteiger partial charge in [0.05, 0.1) is 6.54 Å². The van der Waals surface area contributed by atoms with Gasteiger partial charge in [-0.15, -0.1) is 35.3 Å². The number of thiophene rings is 1. The van der Waals surface area contributed by atoms with Crippen molar-refractivity contribution in [3.63, 3.8) is 0 Å². The fraction of sp³-hybridized carbons (Fsp3) is 0.350. The number of guanidine groups is 1. The van der Waals surface area contributed by atoms with Crippen LogP contribution in [-0.2, 0) is 12.1 Å². The number of aliphatic imine (C=N–C) groups is 1. The van der Waals surface area contributed by atoms with Crippen LogP contribution in [0.15, 0.2) is 51.2 Å². The molecule has 0 spiro atoms. The Morgan fingerprint density at radius 1 is 1.22 bits per heavy atom. The Bertz CT molecular complexity index is 888. The molecule has 146 valence electrons. The summed E-state index contributed by atoms with van der Waals surface area (Å²) in [5.74, 6) is 1.51. The highest BCUT2D eigenvalue weighted by molar-refractivity contribution is 14.0. The number of aryl methyl sites for hydroxylation is 1.